The van der Waals surface area contributed by atoms with Gasteiger partial charge in [0.1, 0.15) is 17.2 Å². The van der Waals surface area contributed by atoms with Gasteiger partial charge in [0.2, 0.25) is 17.7 Å². The molecule has 4 bridgehead atoms. The quantitative estimate of drug-likeness (QED) is 0.123. The van der Waals surface area contributed by atoms with E-state index in [1.807, 2.05) is 57.2 Å². The summed E-state index contributed by atoms with van der Waals surface area (Å²) in [6.07, 6.45) is 3.42. The minimum Gasteiger partial charge on any atom is -0.469 e. The van der Waals surface area contributed by atoms with Gasteiger partial charge in [0, 0.05) is 45.6 Å². The van der Waals surface area contributed by atoms with Crippen LogP contribution in [-0.2, 0) is 21.4 Å². The number of esters is 1. The van der Waals surface area contributed by atoms with Crippen LogP contribution in [0.2, 0.25) is 0 Å². The molecule has 1 amide bonds. The maximum absolute atomic E-state index is 13.6. The molecule has 0 radical (unpaired) electrons. The summed E-state index contributed by atoms with van der Waals surface area (Å²) in [5, 5.41) is 7.64. The minimum atomic E-state index is -0.979. The number of fused-ring (bicyclic) bond motifs is 5. The first-order valence-electron chi connectivity index (χ1n) is 16.6. The Hall–Kier alpha value is -5.36. The molecular formula is C38H32BrN5O6. The molecular weight excluding hydrogens is 702 g/mol. The number of hydrogen-bond donors (Lipinski definition) is 3. The first-order valence-corrected chi connectivity index (χ1v) is 17.3. The second kappa shape index (κ2) is 11.1. The van der Waals surface area contributed by atoms with Gasteiger partial charge in [0.05, 0.1) is 17.4 Å². The largest absolute Gasteiger partial charge is 0.469 e. The number of carbonyl (C=O) groups excluding carboxylic acids is 2. The van der Waals surface area contributed by atoms with Crippen LogP contribution in [0.5, 0.6) is 11.5 Å². The molecule has 50 heavy (non-hydrogen) atoms. The summed E-state index contributed by atoms with van der Waals surface area (Å²) in [5.74, 6) is 1.86. The summed E-state index contributed by atoms with van der Waals surface area (Å²) in [5.41, 5.74) is 4.57. The first kappa shape index (κ1) is 30.7. The standard InChI is InChI=1S/C38H32BrN5O6/c1-17(2)29-36-43-32(35-41-16-28(48-35)22-15-40-30-21(22)7-5-10-27(30)47-19(4)45)33(50-36)38-23-8-6-9-25(39)31(23)44-37(38)49-26-12-11-20(14-24(26)38)13-18(3)34(46)42-29/h5-12,14-18,29,37,40,44H,13H2,1-4H3,(H,42,46)/t18-,29-,37?,38-/m0/s1. The number of aromatic nitrogens is 3. The lowest BCUT2D eigenvalue weighted by Crippen LogP contribution is -2.40. The summed E-state index contributed by atoms with van der Waals surface area (Å²) < 4.78 is 26.5. The van der Waals surface area contributed by atoms with Crippen LogP contribution in [0.1, 0.15) is 62.1 Å². The third-order valence-electron chi connectivity index (χ3n) is 9.95. The Bertz CT molecular complexity index is 2370. The van der Waals surface area contributed by atoms with Crippen molar-refractivity contribution in [1.82, 2.24) is 20.3 Å². The van der Waals surface area contributed by atoms with Crippen molar-refractivity contribution in [3.05, 3.63) is 99.8 Å². The van der Waals surface area contributed by atoms with E-state index < -0.39 is 23.7 Å². The second-order valence-corrected chi connectivity index (χ2v) is 14.4. The van der Waals surface area contributed by atoms with Gasteiger partial charge in [0.15, 0.2) is 29.2 Å². The molecule has 12 heteroatoms. The predicted octanol–water partition coefficient (Wildman–Crippen LogP) is 7.65. The van der Waals surface area contributed by atoms with Crippen LogP contribution in [-0.4, -0.2) is 33.1 Å². The van der Waals surface area contributed by atoms with E-state index in [9.17, 15) is 9.59 Å². The number of halogens is 1. The molecule has 0 fully saturated rings. The molecule has 3 aliphatic rings. The normalized spacial score (nSPS) is 21.9. The van der Waals surface area contributed by atoms with Crippen LogP contribution in [0.4, 0.5) is 5.69 Å². The highest BCUT2D eigenvalue weighted by Gasteiger charge is 2.61. The number of aromatic amines is 1. The lowest BCUT2D eigenvalue weighted by molar-refractivity contribution is -0.131. The van der Waals surface area contributed by atoms with Crippen LogP contribution in [0.3, 0.4) is 0 Å². The van der Waals surface area contributed by atoms with Crippen molar-refractivity contribution < 1.29 is 27.9 Å². The Morgan fingerprint density at radius 2 is 1.92 bits per heavy atom. The molecule has 3 aromatic carbocycles. The average molecular weight is 735 g/mol. The van der Waals surface area contributed by atoms with Gasteiger partial charge in [-0.2, -0.15) is 0 Å². The molecule has 3 aromatic heterocycles. The van der Waals surface area contributed by atoms with Gasteiger partial charge in [-0.1, -0.05) is 57.2 Å². The number of benzene rings is 3. The Morgan fingerprint density at radius 3 is 2.74 bits per heavy atom. The SMILES string of the molecule is CC(=O)Oc1cccc2c(-c3cnc(-c4nc5oc4[C@]46c7cc(ccc7OC4Nc4c(Br)cccc46)C[C@H](C)C(=O)N[C@H]5C(C)C)o3)c[nH]c12. The summed E-state index contributed by atoms with van der Waals surface area (Å²) in [7, 11) is 0. The fourth-order valence-electron chi connectivity index (χ4n) is 7.61. The van der Waals surface area contributed by atoms with Gasteiger partial charge >= 0.3 is 5.97 Å². The topological polar surface area (TPSA) is 145 Å². The smallest absolute Gasteiger partial charge is 0.308 e. The molecule has 0 aliphatic carbocycles. The van der Waals surface area contributed by atoms with Crippen molar-refractivity contribution in [3.63, 3.8) is 0 Å². The molecule has 1 spiro atoms. The molecule has 6 heterocycles. The Labute approximate surface area is 294 Å². The molecule has 6 aromatic rings. The van der Waals surface area contributed by atoms with Gasteiger partial charge in [-0.15, -0.1) is 0 Å². The van der Waals surface area contributed by atoms with E-state index in [1.165, 1.54) is 6.92 Å². The number of rotatable bonds is 4. The van der Waals surface area contributed by atoms with Gasteiger partial charge < -0.3 is 33.9 Å². The van der Waals surface area contributed by atoms with E-state index in [1.54, 1.807) is 18.5 Å². The van der Waals surface area contributed by atoms with Crippen LogP contribution in [0.15, 0.2) is 80.3 Å². The number of oxazole rings is 2. The highest BCUT2D eigenvalue weighted by atomic mass is 79.9. The predicted molar refractivity (Wildman–Crippen MR) is 188 cm³/mol. The zero-order valence-electron chi connectivity index (χ0n) is 27.6. The maximum atomic E-state index is 13.6. The van der Waals surface area contributed by atoms with Gasteiger partial charge in [-0.05, 0) is 52.0 Å². The van der Waals surface area contributed by atoms with E-state index >= 15 is 0 Å². The highest BCUT2D eigenvalue weighted by Crippen LogP contribution is 2.60. The molecule has 3 aliphatic heterocycles. The summed E-state index contributed by atoms with van der Waals surface area (Å²) >= 11 is 3.76. The van der Waals surface area contributed by atoms with Crippen molar-refractivity contribution in [2.24, 2.45) is 11.8 Å². The van der Waals surface area contributed by atoms with Gasteiger partial charge in [-0.3, -0.25) is 9.59 Å². The van der Waals surface area contributed by atoms with Crippen LogP contribution in [0, 0.1) is 11.8 Å². The zero-order chi connectivity index (χ0) is 34.5. The molecule has 0 saturated heterocycles. The molecule has 9 rings (SSSR count). The number of anilines is 1. The van der Waals surface area contributed by atoms with Crippen molar-refractivity contribution >= 4 is 44.4 Å². The fraction of sp³-hybridized carbons (Fsp3) is 0.263. The van der Waals surface area contributed by atoms with E-state index in [0.717, 1.165) is 37.8 Å². The number of hydrogen-bond acceptors (Lipinski definition) is 9. The second-order valence-electron chi connectivity index (χ2n) is 13.5. The number of amides is 1. The Balaban J connectivity index is 1.29. The van der Waals surface area contributed by atoms with Crippen molar-refractivity contribution in [3.8, 4) is 34.4 Å². The molecule has 3 N–H and O–H groups in total. The molecule has 4 atom stereocenters. The number of nitrogens with zero attached hydrogens (tertiary/aromatic N) is 2. The summed E-state index contributed by atoms with van der Waals surface area (Å²) in [6.45, 7) is 7.36. The number of H-pyrrole nitrogens is 1. The van der Waals surface area contributed by atoms with Gasteiger partial charge in [-0.25, -0.2) is 9.97 Å². The van der Waals surface area contributed by atoms with Crippen LogP contribution in [0.25, 0.3) is 33.8 Å². The third kappa shape index (κ3) is 4.40. The van der Waals surface area contributed by atoms with Gasteiger partial charge in [0.25, 0.3) is 0 Å². The van der Waals surface area contributed by atoms with E-state index in [4.69, 9.17) is 28.3 Å². The fourth-order valence-corrected chi connectivity index (χ4v) is 8.09. The van der Waals surface area contributed by atoms with E-state index in [2.05, 4.69) is 43.7 Å². The summed E-state index contributed by atoms with van der Waals surface area (Å²) in [6, 6.07) is 17.1. The Morgan fingerprint density at radius 1 is 1.08 bits per heavy atom. The zero-order valence-corrected chi connectivity index (χ0v) is 29.2. The lowest BCUT2D eigenvalue weighted by Gasteiger charge is -2.28. The monoisotopic (exact) mass is 733 g/mol. The number of para-hydroxylation sites is 2. The van der Waals surface area contributed by atoms with Crippen molar-refractivity contribution in [2.45, 2.75) is 51.8 Å². The lowest BCUT2D eigenvalue weighted by atomic mass is 9.72. The van der Waals surface area contributed by atoms with Crippen molar-refractivity contribution in [1.29, 1.82) is 0 Å². The van der Waals surface area contributed by atoms with Crippen molar-refractivity contribution in [2.75, 3.05) is 5.32 Å². The molecule has 0 saturated carbocycles. The molecule has 252 valence electrons. The molecule has 11 nitrogen and oxygen atoms in total. The average Bonchev–Trinajstić information content (AvgIpc) is 3.90. The number of nitrogens with one attached hydrogen (secondary N) is 3. The van der Waals surface area contributed by atoms with E-state index in [-0.39, 0.29) is 23.6 Å². The minimum absolute atomic E-state index is 0.0455. The Kier molecular flexibility index (Phi) is 6.80. The van der Waals surface area contributed by atoms with Crippen LogP contribution >= 0.6 is 15.9 Å². The third-order valence-corrected chi connectivity index (χ3v) is 10.6. The summed E-state index contributed by atoms with van der Waals surface area (Å²) in [4.78, 5) is 38.4. The number of ether oxygens (including phenoxy) is 2. The first-order chi connectivity index (χ1) is 24.1. The van der Waals surface area contributed by atoms with E-state index in [0.29, 0.717) is 46.5 Å². The molecule has 1 unspecified atom stereocenters. The highest BCUT2D eigenvalue weighted by molar-refractivity contribution is 9.10. The number of carbonyl (C=O) groups is 2. The van der Waals surface area contributed by atoms with Crippen LogP contribution < -0.4 is 20.1 Å². The maximum Gasteiger partial charge on any atom is 0.308 e.